The maximum Gasteiger partial charge on any atom is 0.254 e. The molecule has 1 aliphatic rings. The van der Waals surface area contributed by atoms with Crippen molar-refractivity contribution in [2.24, 2.45) is 0 Å². The molecule has 2 heterocycles. The number of halogens is 1. The molecular weight excluding hydrogens is 473 g/mol. The lowest BCUT2D eigenvalue weighted by molar-refractivity contribution is -0.120. The number of ether oxygens (including phenoxy) is 1. The van der Waals surface area contributed by atoms with Gasteiger partial charge in [0, 0.05) is 36.6 Å². The van der Waals surface area contributed by atoms with Gasteiger partial charge < -0.3 is 20.3 Å². The zero-order valence-electron chi connectivity index (χ0n) is 20.1. The molecular formula is C24H32FN5O4S. The monoisotopic (exact) mass is 505 g/mol. The molecule has 3 amide bonds. The van der Waals surface area contributed by atoms with E-state index in [9.17, 15) is 18.8 Å². The minimum absolute atomic E-state index is 0.119. The van der Waals surface area contributed by atoms with Gasteiger partial charge in [0.1, 0.15) is 12.4 Å². The maximum atomic E-state index is 13.2. The Morgan fingerprint density at radius 1 is 1.17 bits per heavy atom. The van der Waals surface area contributed by atoms with Crippen LogP contribution in [0.25, 0.3) is 0 Å². The van der Waals surface area contributed by atoms with Gasteiger partial charge in [-0.25, -0.2) is 9.37 Å². The fourth-order valence-corrected chi connectivity index (χ4v) is 4.31. The van der Waals surface area contributed by atoms with Crippen molar-refractivity contribution in [2.45, 2.75) is 32.7 Å². The lowest BCUT2D eigenvalue weighted by atomic mass is 10.1. The Labute approximate surface area is 208 Å². The van der Waals surface area contributed by atoms with E-state index in [-0.39, 0.29) is 30.8 Å². The molecule has 0 saturated carbocycles. The summed E-state index contributed by atoms with van der Waals surface area (Å²) in [6.07, 6.45) is 0.998. The smallest absolute Gasteiger partial charge is 0.254 e. The zero-order valence-corrected chi connectivity index (χ0v) is 20.9. The SMILES string of the molecule is CC(C)N(CC(=O)Nc1nc(CC(=O)NCCCN2CCOCC2)cs1)C(=O)c1ccc(F)cc1. The summed E-state index contributed by atoms with van der Waals surface area (Å²) in [5.41, 5.74) is 0.875. The average molecular weight is 506 g/mol. The van der Waals surface area contributed by atoms with Gasteiger partial charge in [-0.3, -0.25) is 19.3 Å². The topological polar surface area (TPSA) is 104 Å². The van der Waals surface area contributed by atoms with E-state index in [1.54, 1.807) is 19.2 Å². The van der Waals surface area contributed by atoms with Crippen molar-refractivity contribution in [1.29, 1.82) is 0 Å². The first-order chi connectivity index (χ1) is 16.8. The van der Waals surface area contributed by atoms with Crippen molar-refractivity contribution < 1.29 is 23.5 Å². The summed E-state index contributed by atoms with van der Waals surface area (Å²) in [7, 11) is 0. The van der Waals surface area contributed by atoms with Crippen molar-refractivity contribution in [3.63, 3.8) is 0 Å². The standard InChI is InChI=1S/C24H32FN5O4S/c1-17(2)30(23(33)18-4-6-19(25)7-5-18)15-22(32)28-24-27-20(16-35-24)14-21(31)26-8-3-9-29-10-12-34-13-11-29/h4-7,16-17H,3,8-15H2,1-2H3,(H,26,31)(H,27,28,32). The van der Waals surface area contributed by atoms with Gasteiger partial charge in [-0.05, 0) is 51.1 Å². The Kier molecular flexibility index (Phi) is 10.1. The number of anilines is 1. The highest BCUT2D eigenvalue weighted by Gasteiger charge is 2.22. The molecule has 0 bridgehead atoms. The van der Waals surface area contributed by atoms with Gasteiger partial charge in [-0.2, -0.15) is 0 Å². The summed E-state index contributed by atoms with van der Waals surface area (Å²) in [5, 5.41) is 7.69. The van der Waals surface area contributed by atoms with E-state index in [1.807, 2.05) is 0 Å². The molecule has 0 unspecified atom stereocenters. The van der Waals surface area contributed by atoms with Crippen molar-refractivity contribution in [1.82, 2.24) is 20.1 Å². The Morgan fingerprint density at radius 3 is 2.57 bits per heavy atom. The van der Waals surface area contributed by atoms with Crippen molar-refractivity contribution >= 4 is 34.2 Å². The highest BCUT2D eigenvalue weighted by Crippen LogP contribution is 2.16. The molecule has 0 aliphatic carbocycles. The van der Waals surface area contributed by atoms with Gasteiger partial charge in [0.15, 0.2) is 5.13 Å². The number of hydrogen-bond donors (Lipinski definition) is 2. The number of thiazole rings is 1. The van der Waals surface area contributed by atoms with Gasteiger partial charge in [-0.1, -0.05) is 0 Å². The van der Waals surface area contributed by atoms with E-state index in [2.05, 4.69) is 20.5 Å². The fraction of sp³-hybridized carbons (Fsp3) is 0.500. The zero-order chi connectivity index (χ0) is 25.2. The first-order valence-corrected chi connectivity index (χ1v) is 12.6. The molecule has 0 radical (unpaired) electrons. The molecule has 9 nitrogen and oxygen atoms in total. The first-order valence-electron chi connectivity index (χ1n) is 11.7. The first kappa shape index (κ1) is 26.7. The second-order valence-electron chi connectivity index (χ2n) is 8.56. The molecule has 1 aromatic heterocycles. The number of morpholine rings is 1. The minimum atomic E-state index is -0.434. The number of nitrogens with one attached hydrogen (secondary N) is 2. The second kappa shape index (κ2) is 13.3. The Balaban J connectivity index is 1.43. The highest BCUT2D eigenvalue weighted by atomic mass is 32.1. The average Bonchev–Trinajstić information content (AvgIpc) is 3.27. The Hall–Kier alpha value is -2.89. The molecule has 190 valence electrons. The van der Waals surface area contributed by atoms with Gasteiger partial charge >= 0.3 is 0 Å². The van der Waals surface area contributed by atoms with Crippen LogP contribution >= 0.6 is 11.3 Å². The summed E-state index contributed by atoms with van der Waals surface area (Å²) in [5.74, 6) is -1.31. The maximum absolute atomic E-state index is 13.2. The number of aromatic nitrogens is 1. The minimum Gasteiger partial charge on any atom is -0.379 e. The molecule has 1 saturated heterocycles. The second-order valence-corrected chi connectivity index (χ2v) is 9.42. The molecule has 2 N–H and O–H groups in total. The van der Waals surface area contributed by atoms with E-state index in [0.717, 1.165) is 39.3 Å². The van der Waals surface area contributed by atoms with E-state index >= 15 is 0 Å². The number of hydrogen-bond acceptors (Lipinski definition) is 7. The molecule has 1 fully saturated rings. The molecule has 0 spiro atoms. The molecule has 3 rings (SSSR count). The van der Waals surface area contributed by atoms with E-state index in [4.69, 9.17) is 4.74 Å². The summed E-state index contributed by atoms with van der Waals surface area (Å²) >= 11 is 1.22. The van der Waals surface area contributed by atoms with Gasteiger partial charge in [0.25, 0.3) is 5.91 Å². The van der Waals surface area contributed by atoms with E-state index < -0.39 is 11.7 Å². The van der Waals surface area contributed by atoms with Crippen LogP contribution in [0.2, 0.25) is 0 Å². The van der Waals surface area contributed by atoms with Crippen LogP contribution in [0.5, 0.6) is 0 Å². The summed E-state index contributed by atoms with van der Waals surface area (Å²) in [6.45, 7) is 8.32. The Bertz CT molecular complexity index is 992. The van der Waals surface area contributed by atoms with Crippen LogP contribution in [-0.2, 0) is 20.7 Å². The predicted octanol–water partition coefficient (Wildman–Crippen LogP) is 2.15. The van der Waals surface area contributed by atoms with Crippen LogP contribution in [0.15, 0.2) is 29.6 Å². The molecule has 2 aromatic rings. The Morgan fingerprint density at radius 2 is 1.89 bits per heavy atom. The van der Waals surface area contributed by atoms with Crippen LogP contribution < -0.4 is 10.6 Å². The van der Waals surface area contributed by atoms with Crippen LogP contribution in [0.1, 0.15) is 36.3 Å². The van der Waals surface area contributed by atoms with Crippen LogP contribution in [-0.4, -0.2) is 84.5 Å². The van der Waals surface area contributed by atoms with Gasteiger partial charge in [0.2, 0.25) is 11.8 Å². The lowest BCUT2D eigenvalue weighted by Gasteiger charge is -2.26. The number of nitrogens with zero attached hydrogens (tertiary/aromatic N) is 3. The molecule has 1 aliphatic heterocycles. The van der Waals surface area contributed by atoms with Gasteiger partial charge in [0.05, 0.1) is 25.3 Å². The highest BCUT2D eigenvalue weighted by molar-refractivity contribution is 7.13. The third-order valence-electron chi connectivity index (χ3n) is 5.51. The number of carbonyl (C=O) groups excluding carboxylic acids is 3. The normalized spacial score (nSPS) is 14.1. The van der Waals surface area contributed by atoms with E-state index in [0.29, 0.717) is 22.9 Å². The van der Waals surface area contributed by atoms with E-state index in [1.165, 1.54) is 40.5 Å². The molecule has 1 aromatic carbocycles. The summed E-state index contributed by atoms with van der Waals surface area (Å²) in [4.78, 5) is 45.6. The predicted molar refractivity (Wildman–Crippen MR) is 132 cm³/mol. The number of benzene rings is 1. The third kappa shape index (κ3) is 8.68. The van der Waals surface area contributed by atoms with Crippen molar-refractivity contribution in [3.05, 3.63) is 46.7 Å². The molecule has 35 heavy (non-hydrogen) atoms. The van der Waals surface area contributed by atoms with Crippen molar-refractivity contribution in [2.75, 3.05) is 51.3 Å². The third-order valence-corrected chi connectivity index (χ3v) is 6.31. The van der Waals surface area contributed by atoms with Crippen LogP contribution in [0.4, 0.5) is 9.52 Å². The number of amides is 3. The summed E-state index contributed by atoms with van der Waals surface area (Å²) < 4.78 is 18.5. The number of carbonyl (C=O) groups is 3. The van der Waals surface area contributed by atoms with Gasteiger partial charge in [-0.15, -0.1) is 11.3 Å². The molecule has 11 heteroatoms. The number of rotatable bonds is 11. The van der Waals surface area contributed by atoms with Crippen molar-refractivity contribution in [3.8, 4) is 0 Å². The van der Waals surface area contributed by atoms with Crippen LogP contribution in [0.3, 0.4) is 0 Å². The quantitative estimate of drug-likeness (QED) is 0.454. The lowest BCUT2D eigenvalue weighted by Crippen LogP contribution is -2.42. The largest absolute Gasteiger partial charge is 0.379 e. The molecule has 0 atom stereocenters. The summed E-state index contributed by atoms with van der Waals surface area (Å²) in [6, 6.07) is 4.97. The van der Waals surface area contributed by atoms with Crippen LogP contribution in [0, 0.1) is 5.82 Å². The fourth-order valence-electron chi connectivity index (χ4n) is 3.59.